The van der Waals surface area contributed by atoms with Crippen LogP contribution in [0.3, 0.4) is 0 Å². The molecule has 2 heterocycles. The number of likely N-dealkylation sites (tertiary alicyclic amines) is 1. The molecule has 86 valence electrons. The van der Waals surface area contributed by atoms with Gasteiger partial charge in [0.2, 0.25) is 0 Å². The van der Waals surface area contributed by atoms with Crippen molar-refractivity contribution in [2.24, 2.45) is 5.92 Å². The van der Waals surface area contributed by atoms with Gasteiger partial charge in [0.15, 0.2) is 5.76 Å². The molecule has 0 bridgehead atoms. The smallest absolute Gasteiger partial charge is 0.326 e. The number of rotatable bonds is 2. The second-order valence-electron chi connectivity index (χ2n) is 4.02. The highest BCUT2D eigenvalue weighted by molar-refractivity contribution is 5.94. The van der Waals surface area contributed by atoms with Crippen LogP contribution in [0.1, 0.15) is 23.9 Å². The molecular weight excluding hydrogens is 210 g/mol. The highest BCUT2D eigenvalue weighted by Crippen LogP contribution is 2.25. The molecular formula is C11H13NO4. The summed E-state index contributed by atoms with van der Waals surface area (Å²) in [6.07, 6.45) is 2.12. The van der Waals surface area contributed by atoms with Crippen molar-refractivity contribution >= 4 is 11.9 Å². The van der Waals surface area contributed by atoms with Gasteiger partial charge in [-0.1, -0.05) is 6.92 Å². The normalized spacial score (nSPS) is 24.7. The number of furan rings is 1. The van der Waals surface area contributed by atoms with Crippen molar-refractivity contribution in [1.82, 2.24) is 4.90 Å². The van der Waals surface area contributed by atoms with E-state index in [0.717, 1.165) is 0 Å². The predicted molar refractivity (Wildman–Crippen MR) is 54.9 cm³/mol. The summed E-state index contributed by atoms with van der Waals surface area (Å²) in [7, 11) is 0. The fraction of sp³-hybridized carbons (Fsp3) is 0.455. The zero-order valence-electron chi connectivity index (χ0n) is 8.92. The van der Waals surface area contributed by atoms with Crippen molar-refractivity contribution in [3.05, 3.63) is 24.2 Å². The molecule has 1 saturated heterocycles. The number of amides is 1. The molecule has 0 radical (unpaired) electrons. The summed E-state index contributed by atoms with van der Waals surface area (Å²) in [5, 5.41) is 9.08. The van der Waals surface area contributed by atoms with E-state index in [0.29, 0.717) is 13.0 Å². The molecule has 0 spiro atoms. The van der Waals surface area contributed by atoms with E-state index >= 15 is 0 Å². The number of hydrogen-bond donors (Lipinski definition) is 1. The van der Waals surface area contributed by atoms with E-state index in [-0.39, 0.29) is 17.6 Å². The summed E-state index contributed by atoms with van der Waals surface area (Å²) in [6, 6.07) is 2.42. The Morgan fingerprint density at radius 2 is 2.31 bits per heavy atom. The van der Waals surface area contributed by atoms with Crippen molar-refractivity contribution in [2.75, 3.05) is 6.54 Å². The van der Waals surface area contributed by atoms with Gasteiger partial charge in [0, 0.05) is 6.54 Å². The maximum absolute atomic E-state index is 11.9. The highest BCUT2D eigenvalue weighted by Gasteiger charge is 2.40. The van der Waals surface area contributed by atoms with Gasteiger partial charge in [-0.15, -0.1) is 0 Å². The second kappa shape index (κ2) is 4.00. The molecule has 5 heteroatoms. The van der Waals surface area contributed by atoms with E-state index in [1.165, 1.54) is 11.2 Å². The first-order valence-corrected chi connectivity index (χ1v) is 5.18. The number of carboxylic acids is 1. The quantitative estimate of drug-likeness (QED) is 0.818. The zero-order chi connectivity index (χ0) is 11.7. The average Bonchev–Trinajstić information content (AvgIpc) is 2.84. The summed E-state index contributed by atoms with van der Waals surface area (Å²) < 4.78 is 4.99. The monoisotopic (exact) mass is 223 g/mol. The van der Waals surface area contributed by atoms with E-state index in [2.05, 4.69) is 0 Å². The Labute approximate surface area is 92.7 Å². The number of hydrogen-bond acceptors (Lipinski definition) is 3. The van der Waals surface area contributed by atoms with Gasteiger partial charge in [0.05, 0.1) is 6.26 Å². The van der Waals surface area contributed by atoms with Crippen molar-refractivity contribution in [1.29, 1.82) is 0 Å². The molecule has 1 aromatic heterocycles. The molecule has 1 N–H and O–H groups in total. The van der Waals surface area contributed by atoms with Gasteiger partial charge in [0.1, 0.15) is 6.04 Å². The van der Waals surface area contributed by atoms with Crippen LogP contribution in [0, 0.1) is 5.92 Å². The first kappa shape index (κ1) is 10.7. The third kappa shape index (κ3) is 1.68. The maximum atomic E-state index is 11.9. The molecule has 1 aromatic rings. The van der Waals surface area contributed by atoms with Gasteiger partial charge < -0.3 is 14.4 Å². The van der Waals surface area contributed by atoms with Crippen LogP contribution in [-0.2, 0) is 4.79 Å². The van der Waals surface area contributed by atoms with Crippen molar-refractivity contribution in [2.45, 2.75) is 19.4 Å². The van der Waals surface area contributed by atoms with Crippen molar-refractivity contribution < 1.29 is 19.1 Å². The summed E-state index contributed by atoms with van der Waals surface area (Å²) in [5.41, 5.74) is 0. The first-order chi connectivity index (χ1) is 7.61. The molecule has 1 aliphatic heterocycles. The third-order valence-electron chi connectivity index (χ3n) is 2.95. The lowest BCUT2D eigenvalue weighted by Crippen LogP contribution is -2.42. The molecule has 2 atom stereocenters. The number of carboxylic acid groups (broad SMARTS) is 1. The number of carbonyl (C=O) groups is 2. The topological polar surface area (TPSA) is 70.8 Å². The SMILES string of the molecule is CC1CCN(C(=O)c2ccco2)C1C(=O)O. The first-order valence-electron chi connectivity index (χ1n) is 5.18. The van der Waals surface area contributed by atoms with Crippen LogP contribution in [0.4, 0.5) is 0 Å². The molecule has 2 rings (SSSR count). The largest absolute Gasteiger partial charge is 0.480 e. The van der Waals surface area contributed by atoms with Crippen LogP contribution in [0.15, 0.2) is 22.8 Å². The fourth-order valence-corrected chi connectivity index (χ4v) is 2.09. The number of aliphatic carboxylic acids is 1. The van der Waals surface area contributed by atoms with Gasteiger partial charge in [0.25, 0.3) is 5.91 Å². The van der Waals surface area contributed by atoms with Crippen molar-refractivity contribution in [3.8, 4) is 0 Å². The Morgan fingerprint density at radius 1 is 1.56 bits per heavy atom. The van der Waals surface area contributed by atoms with Crippen LogP contribution in [0.5, 0.6) is 0 Å². The van der Waals surface area contributed by atoms with Gasteiger partial charge in [-0.25, -0.2) is 4.79 Å². The molecule has 1 fully saturated rings. The van der Waals surface area contributed by atoms with Gasteiger partial charge in [-0.05, 0) is 24.5 Å². The molecule has 0 aliphatic carbocycles. The number of carbonyl (C=O) groups excluding carboxylic acids is 1. The Bertz CT molecular complexity index is 398. The molecule has 0 aromatic carbocycles. The van der Waals surface area contributed by atoms with Crippen LogP contribution < -0.4 is 0 Å². The molecule has 1 aliphatic rings. The van der Waals surface area contributed by atoms with Gasteiger partial charge >= 0.3 is 5.97 Å². The Balaban J connectivity index is 2.21. The summed E-state index contributed by atoms with van der Waals surface area (Å²) >= 11 is 0. The standard InChI is InChI=1S/C11H13NO4/c1-7-4-5-12(9(7)11(14)15)10(13)8-3-2-6-16-8/h2-3,6-7,9H,4-5H2,1H3,(H,14,15). The third-order valence-corrected chi connectivity index (χ3v) is 2.95. The lowest BCUT2D eigenvalue weighted by molar-refractivity contribution is -0.142. The lowest BCUT2D eigenvalue weighted by Gasteiger charge is -2.22. The second-order valence-corrected chi connectivity index (χ2v) is 4.02. The summed E-state index contributed by atoms with van der Waals surface area (Å²) in [4.78, 5) is 24.4. The Hall–Kier alpha value is -1.78. The Kier molecular flexibility index (Phi) is 2.68. The highest BCUT2D eigenvalue weighted by atomic mass is 16.4. The zero-order valence-corrected chi connectivity index (χ0v) is 8.92. The fourth-order valence-electron chi connectivity index (χ4n) is 2.09. The van der Waals surface area contributed by atoms with Crippen LogP contribution in [-0.4, -0.2) is 34.5 Å². The van der Waals surface area contributed by atoms with Crippen molar-refractivity contribution in [3.63, 3.8) is 0 Å². The lowest BCUT2D eigenvalue weighted by atomic mass is 10.0. The molecule has 5 nitrogen and oxygen atoms in total. The van der Waals surface area contributed by atoms with Crippen LogP contribution in [0.2, 0.25) is 0 Å². The van der Waals surface area contributed by atoms with E-state index in [1.807, 2.05) is 6.92 Å². The molecule has 0 saturated carbocycles. The van der Waals surface area contributed by atoms with Crippen LogP contribution in [0.25, 0.3) is 0 Å². The minimum absolute atomic E-state index is 0.0172. The average molecular weight is 223 g/mol. The van der Waals surface area contributed by atoms with Crippen LogP contribution >= 0.6 is 0 Å². The number of nitrogens with zero attached hydrogens (tertiary/aromatic N) is 1. The molecule has 1 amide bonds. The van der Waals surface area contributed by atoms with E-state index in [4.69, 9.17) is 9.52 Å². The van der Waals surface area contributed by atoms with Gasteiger partial charge in [-0.3, -0.25) is 4.79 Å². The van der Waals surface area contributed by atoms with Gasteiger partial charge in [-0.2, -0.15) is 0 Å². The van der Waals surface area contributed by atoms with E-state index < -0.39 is 12.0 Å². The Morgan fingerprint density at radius 3 is 2.88 bits per heavy atom. The molecule has 2 unspecified atom stereocenters. The molecule has 16 heavy (non-hydrogen) atoms. The van der Waals surface area contributed by atoms with E-state index in [9.17, 15) is 9.59 Å². The summed E-state index contributed by atoms with van der Waals surface area (Å²) in [5.74, 6) is -1.12. The summed E-state index contributed by atoms with van der Waals surface area (Å²) in [6.45, 7) is 2.31. The van der Waals surface area contributed by atoms with E-state index in [1.54, 1.807) is 12.1 Å². The maximum Gasteiger partial charge on any atom is 0.326 e. The minimum atomic E-state index is -0.954. The predicted octanol–water partition coefficient (Wildman–Crippen LogP) is 1.21. The minimum Gasteiger partial charge on any atom is -0.480 e.